The predicted octanol–water partition coefficient (Wildman–Crippen LogP) is 3.48. The van der Waals surface area contributed by atoms with Crippen molar-refractivity contribution in [3.8, 4) is 0 Å². The monoisotopic (exact) mass is 258 g/mol. The first-order valence-corrected chi connectivity index (χ1v) is 6.43. The molecular weight excluding hydrogens is 243 g/mol. The van der Waals surface area contributed by atoms with Gasteiger partial charge in [-0.25, -0.2) is 5.01 Å². The van der Waals surface area contributed by atoms with Crippen molar-refractivity contribution < 1.29 is 0 Å². The van der Waals surface area contributed by atoms with E-state index in [0.717, 1.165) is 25.2 Å². The van der Waals surface area contributed by atoms with Crippen molar-refractivity contribution in [3.05, 3.63) is 33.8 Å². The van der Waals surface area contributed by atoms with Gasteiger partial charge in [-0.15, -0.1) is 0 Å². The number of hydrogen-bond acceptors (Lipinski definition) is 2. The van der Waals surface area contributed by atoms with Gasteiger partial charge in [0.2, 0.25) is 0 Å². The lowest BCUT2D eigenvalue weighted by Crippen LogP contribution is -2.41. The maximum atomic E-state index is 5.95. The second kappa shape index (κ2) is 5.87. The quantitative estimate of drug-likeness (QED) is 0.893. The highest BCUT2D eigenvalue weighted by Crippen LogP contribution is 2.19. The predicted molar refractivity (Wildman–Crippen MR) is 68.7 cm³/mol. The molecular formula is C12H16Cl2N2. The first kappa shape index (κ1) is 12.2. The van der Waals surface area contributed by atoms with E-state index in [-0.39, 0.29) is 0 Å². The standard InChI is InChI=1S/C12H16Cl2N2/c13-11-6-10(7-12(14)8-11)9-15-16-4-2-1-3-5-16/h6-8,15H,1-5,9H2. The van der Waals surface area contributed by atoms with Crippen LogP contribution in [0.3, 0.4) is 0 Å². The topological polar surface area (TPSA) is 15.3 Å². The van der Waals surface area contributed by atoms with E-state index in [1.807, 2.05) is 12.1 Å². The second-order valence-electron chi connectivity index (χ2n) is 4.16. The minimum atomic E-state index is 0.697. The third kappa shape index (κ3) is 3.63. The molecule has 0 amide bonds. The molecule has 1 saturated heterocycles. The van der Waals surface area contributed by atoms with Crippen LogP contribution in [-0.4, -0.2) is 18.1 Å². The van der Waals surface area contributed by atoms with Crippen molar-refractivity contribution >= 4 is 23.2 Å². The van der Waals surface area contributed by atoms with Crippen molar-refractivity contribution in [1.29, 1.82) is 0 Å². The number of nitrogens with one attached hydrogen (secondary N) is 1. The zero-order valence-electron chi connectivity index (χ0n) is 9.18. The maximum absolute atomic E-state index is 5.95. The molecule has 1 aromatic rings. The number of rotatable bonds is 3. The zero-order chi connectivity index (χ0) is 11.4. The number of hydrazine groups is 1. The van der Waals surface area contributed by atoms with Crippen molar-refractivity contribution in [2.24, 2.45) is 0 Å². The highest BCUT2D eigenvalue weighted by Gasteiger charge is 2.09. The van der Waals surface area contributed by atoms with Crippen LogP contribution in [-0.2, 0) is 6.54 Å². The van der Waals surface area contributed by atoms with Crippen molar-refractivity contribution in [3.63, 3.8) is 0 Å². The molecule has 16 heavy (non-hydrogen) atoms. The number of benzene rings is 1. The van der Waals surface area contributed by atoms with Crippen LogP contribution in [0.2, 0.25) is 10.0 Å². The van der Waals surface area contributed by atoms with E-state index in [1.54, 1.807) is 6.07 Å². The van der Waals surface area contributed by atoms with Gasteiger partial charge in [0.15, 0.2) is 0 Å². The van der Waals surface area contributed by atoms with Crippen molar-refractivity contribution in [1.82, 2.24) is 10.4 Å². The fourth-order valence-electron chi connectivity index (χ4n) is 1.97. The van der Waals surface area contributed by atoms with Crippen LogP contribution in [0.4, 0.5) is 0 Å². The van der Waals surface area contributed by atoms with Gasteiger partial charge in [-0.2, -0.15) is 0 Å². The first-order valence-electron chi connectivity index (χ1n) is 5.67. The summed E-state index contributed by atoms with van der Waals surface area (Å²) < 4.78 is 0. The van der Waals surface area contributed by atoms with Gasteiger partial charge in [0.1, 0.15) is 0 Å². The molecule has 2 rings (SSSR count). The molecule has 1 aliphatic rings. The van der Waals surface area contributed by atoms with E-state index < -0.39 is 0 Å². The SMILES string of the molecule is Clc1cc(Cl)cc(CNN2CCCCC2)c1. The van der Waals surface area contributed by atoms with E-state index >= 15 is 0 Å². The summed E-state index contributed by atoms with van der Waals surface area (Å²) in [6, 6.07) is 5.66. The summed E-state index contributed by atoms with van der Waals surface area (Å²) in [6.45, 7) is 3.06. The molecule has 0 unspecified atom stereocenters. The zero-order valence-corrected chi connectivity index (χ0v) is 10.7. The summed E-state index contributed by atoms with van der Waals surface area (Å²) in [5.41, 5.74) is 4.54. The molecule has 1 heterocycles. The third-order valence-electron chi connectivity index (χ3n) is 2.79. The Hall–Kier alpha value is -0.280. The van der Waals surface area contributed by atoms with E-state index in [9.17, 15) is 0 Å². The molecule has 1 fully saturated rings. The Balaban J connectivity index is 1.88. The third-order valence-corrected chi connectivity index (χ3v) is 3.22. The summed E-state index contributed by atoms with van der Waals surface area (Å²) >= 11 is 11.9. The highest BCUT2D eigenvalue weighted by molar-refractivity contribution is 6.34. The van der Waals surface area contributed by atoms with Crippen LogP contribution in [0.25, 0.3) is 0 Å². The van der Waals surface area contributed by atoms with E-state index in [4.69, 9.17) is 23.2 Å². The minimum Gasteiger partial charge on any atom is -0.251 e. The molecule has 0 aromatic heterocycles. The second-order valence-corrected chi connectivity index (χ2v) is 5.03. The average molecular weight is 259 g/mol. The van der Waals surface area contributed by atoms with Crippen LogP contribution < -0.4 is 5.43 Å². The van der Waals surface area contributed by atoms with Gasteiger partial charge >= 0.3 is 0 Å². The molecule has 0 bridgehead atoms. The van der Waals surface area contributed by atoms with Crippen LogP contribution in [0.15, 0.2) is 18.2 Å². The summed E-state index contributed by atoms with van der Waals surface area (Å²) in [5.74, 6) is 0. The molecule has 1 aromatic carbocycles. The molecule has 1 aliphatic heterocycles. The lowest BCUT2D eigenvalue weighted by Gasteiger charge is -2.27. The van der Waals surface area contributed by atoms with Crippen molar-refractivity contribution in [2.45, 2.75) is 25.8 Å². The van der Waals surface area contributed by atoms with Crippen LogP contribution >= 0.6 is 23.2 Å². The van der Waals surface area contributed by atoms with Gasteiger partial charge < -0.3 is 0 Å². The van der Waals surface area contributed by atoms with Gasteiger partial charge in [-0.05, 0) is 36.6 Å². The molecule has 88 valence electrons. The molecule has 0 spiro atoms. The van der Waals surface area contributed by atoms with Gasteiger partial charge in [0.05, 0.1) is 0 Å². The van der Waals surface area contributed by atoms with Crippen molar-refractivity contribution in [2.75, 3.05) is 13.1 Å². The van der Waals surface area contributed by atoms with Gasteiger partial charge in [-0.1, -0.05) is 29.6 Å². The number of piperidine rings is 1. The lowest BCUT2D eigenvalue weighted by atomic mass is 10.2. The van der Waals surface area contributed by atoms with Gasteiger partial charge in [0.25, 0.3) is 0 Å². The fraction of sp³-hybridized carbons (Fsp3) is 0.500. The molecule has 0 radical (unpaired) electrons. The summed E-state index contributed by atoms with van der Waals surface area (Å²) in [5, 5.41) is 3.67. The van der Waals surface area contributed by atoms with Gasteiger partial charge in [0, 0.05) is 29.7 Å². The molecule has 0 atom stereocenters. The lowest BCUT2D eigenvalue weighted by molar-refractivity contribution is 0.151. The average Bonchev–Trinajstić information content (AvgIpc) is 2.27. The Bertz CT molecular complexity index is 329. The number of halogens is 2. The van der Waals surface area contributed by atoms with Crippen LogP contribution in [0.5, 0.6) is 0 Å². The first-order chi connectivity index (χ1) is 7.74. The Labute approximate surface area is 107 Å². The summed E-state index contributed by atoms with van der Waals surface area (Å²) in [4.78, 5) is 0. The fourth-order valence-corrected chi connectivity index (χ4v) is 2.54. The largest absolute Gasteiger partial charge is 0.251 e. The Morgan fingerprint density at radius 3 is 2.25 bits per heavy atom. The van der Waals surface area contributed by atoms with E-state index in [0.29, 0.717) is 10.0 Å². The van der Waals surface area contributed by atoms with Gasteiger partial charge in [-0.3, -0.25) is 5.43 Å². The molecule has 4 heteroatoms. The Kier molecular flexibility index (Phi) is 4.47. The molecule has 2 nitrogen and oxygen atoms in total. The Morgan fingerprint density at radius 2 is 1.62 bits per heavy atom. The smallest absolute Gasteiger partial charge is 0.0424 e. The van der Waals surface area contributed by atoms with E-state index in [2.05, 4.69) is 10.4 Å². The molecule has 0 saturated carbocycles. The van der Waals surface area contributed by atoms with Crippen LogP contribution in [0, 0.1) is 0 Å². The molecule has 0 aliphatic carbocycles. The maximum Gasteiger partial charge on any atom is 0.0424 e. The highest BCUT2D eigenvalue weighted by atomic mass is 35.5. The summed E-state index contributed by atoms with van der Waals surface area (Å²) in [7, 11) is 0. The number of nitrogens with zero attached hydrogens (tertiary/aromatic N) is 1. The number of hydrogen-bond donors (Lipinski definition) is 1. The Morgan fingerprint density at radius 1 is 1.00 bits per heavy atom. The minimum absolute atomic E-state index is 0.697. The van der Waals surface area contributed by atoms with E-state index in [1.165, 1.54) is 19.3 Å². The van der Waals surface area contributed by atoms with Crippen LogP contribution in [0.1, 0.15) is 24.8 Å². The molecule has 1 N–H and O–H groups in total. The summed E-state index contributed by atoms with van der Waals surface area (Å²) in [6.07, 6.45) is 3.91. The normalized spacial score (nSPS) is 17.6.